The molecule has 0 amide bonds. The molecule has 0 radical (unpaired) electrons. The van der Waals surface area contributed by atoms with Gasteiger partial charge in [-0.3, -0.25) is 0 Å². The van der Waals surface area contributed by atoms with Crippen LogP contribution >= 0.6 is 23.8 Å². The predicted octanol–water partition coefficient (Wildman–Crippen LogP) is 3.90. The molecule has 0 saturated carbocycles. The first-order chi connectivity index (χ1) is 13.1. The van der Waals surface area contributed by atoms with Crippen molar-refractivity contribution in [1.29, 1.82) is 0 Å². The first-order valence-corrected chi connectivity index (χ1v) is 10.6. The third kappa shape index (κ3) is 5.96. The maximum absolute atomic E-state index is 6.25. The van der Waals surface area contributed by atoms with E-state index in [9.17, 15) is 0 Å². The van der Waals surface area contributed by atoms with Gasteiger partial charge in [0.05, 0.1) is 32.4 Å². The lowest BCUT2D eigenvalue weighted by Crippen LogP contribution is -3.12. The van der Waals surface area contributed by atoms with Gasteiger partial charge in [0.2, 0.25) is 0 Å². The molecule has 1 aromatic heterocycles. The van der Waals surface area contributed by atoms with Gasteiger partial charge in [-0.25, -0.2) is 0 Å². The summed E-state index contributed by atoms with van der Waals surface area (Å²) < 4.78 is 5.55. The van der Waals surface area contributed by atoms with Crippen molar-refractivity contribution in [2.24, 2.45) is 0 Å². The van der Waals surface area contributed by atoms with Crippen LogP contribution in [-0.2, 0) is 6.54 Å². The summed E-state index contributed by atoms with van der Waals surface area (Å²) in [6, 6.07) is 9.76. The number of nitrogens with one attached hydrogen (secondary N) is 2. The van der Waals surface area contributed by atoms with Gasteiger partial charge in [0.25, 0.3) is 0 Å². The van der Waals surface area contributed by atoms with Gasteiger partial charge in [-0.15, -0.1) is 0 Å². The molecule has 0 spiro atoms. The van der Waals surface area contributed by atoms with Gasteiger partial charge >= 0.3 is 0 Å². The molecule has 0 unspecified atom stereocenters. The van der Waals surface area contributed by atoms with Crippen molar-refractivity contribution in [2.75, 3.05) is 31.5 Å². The normalized spacial score (nSPS) is 14.9. The molecule has 0 bridgehead atoms. The van der Waals surface area contributed by atoms with Crippen molar-refractivity contribution in [1.82, 2.24) is 4.90 Å². The number of rotatable bonds is 7. The molecule has 4 nitrogen and oxygen atoms in total. The van der Waals surface area contributed by atoms with Crippen LogP contribution in [0.1, 0.15) is 37.0 Å². The molecule has 0 aliphatic carbocycles. The summed E-state index contributed by atoms with van der Waals surface area (Å²) in [5, 5.41) is 4.83. The van der Waals surface area contributed by atoms with Crippen molar-refractivity contribution in [3.8, 4) is 0 Å². The molecule has 1 saturated heterocycles. The number of thiocarbonyl (C=S) groups is 1. The molecule has 27 heavy (non-hydrogen) atoms. The Hall–Kier alpha value is -1.56. The Morgan fingerprint density at radius 2 is 2.04 bits per heavy atom. The number of quaternary nitrogens is 1. The number of piperidine rings is 1. The zero-order valence-corrected chi connectivity index (χ0v) is 17.5. The molecule has 1 fully saturated rings. The van der Waals surface area contributed by atoms with Gasteiger partial charge in [-0.1, -0.05) is 17.7 Å². The van der Waals surface area contributed by atoms with E-state index in [-0.39, 0.29) is 0 Å². The van der Waals surface area contributed by atoms with Crippen LogP contribution in [-0.4, -0.2) is 36.2 Å². The minimum absolute atomic E-state index is 0.674. The molecule has 2 heterocycles. The van der Waals surface area contributed by atoms with E-state index in [1.807, 2.05) is 37.3 Å². The van der Waals surface area contributed by atoms with Crippen molar-refractivity contribution in [2.45, 2.75) is 39.2 Å². The number of furan rings is 1. The lowest BCUT2D eigenvalue weighted by atomic mass is 10.1. The number of anilines is 1. The fraction of sp³-hybridized carbons (Fsp3) is 0.476. The monoisotopic (exact) mass is 406 g/mol. The zero-order valence-electron chi connectivity index (χ0n) is 16.0. The zero-order chi connectivity index (χ0) is 19.1. The molecule has 3 rings (SSSR count). The molecular formula is C21H29ClN3OS+. The van der Waals surface area contributed by atoms with Crippen molar-refractivity contribution < 1.29 is 9.32 Å². The minimum Gasteiger partial charge on any atom is -0.467 e. The summed E-state index contributed by atoms with van der Waals surface area (Å²) in [5.74, 6) is 0.923. The van der Waals surface area contributed by atoms with Gasteiger partial charge in [0.1, 0.15) is 5.76 Å². The van der Waals surface area contributed by atoms with Gasteiger partial charge in [-0.2, -0.15) is 0 Å². The third-order valence-electron chi connectivity index (χ3n) is 5.24. The highest BCUT2D eigenvalue weighted by atomic mass is 35.5. The van der Waals surface area contributed by atoms with Gasteiger partial charge in [0, 0.05) is 23.7 Å². The van der Waals surface area contributed by atoms with Crippen LogP contribution in [0.15, 0.2) is 41.0 Å². The van der Waals surface area contributed by atoms with Gasteiger partial charge in [0.15, 0.2) is 5.11 Å². The van der Waals surface area contributed by atoms with E-state index in [1.165, 1.54) is 38.9 Å². The molecule has 2 aromatic rings. The second-order valence-corrected chi connectivity index (χ2v) is 8.05. The van der Waals surface area contributed by atoms with E-state index < -0.39 is 0 Å². The van der Waals surface area contributed by atoms with Gasteiger partial charge in [-0.05, 0) is 68.2 Å². The van der Waals surface area contributed by atoms with Crippen molar-refractivity contribution >= 4 is 34.6 Å². The lowest BCUT2D eigenvalue weighted by Gasteiger charge is -2.28. The van der Waals surface area contributed by atoms with Crippen molar-refractivity contribution in [3.05, 3.63) is 52.9 Å². The summed E-state index contributed by atoms with van der Waals surface area (Å²) in [6.07, 6.45) is 6.94. The van der Waals surface area contributed by atoms with Crippen LogP contribution in [0.4, 0.5) is 5.69 Å². The second kappa shape index (κ2) is 10.1. The molecule has 1 aliphatic rings. The fourth-order valence-electron chi connectivity index (χ4n) is 3.60. The molecule has 2 N–H and O–H groups in total. The van der Waals surface area contributed by atoms with Crippen LogP contribution in [0.2, 0.25) is 5.02 Å². The smallest absolute Gasteiger partial charge is 0.173 e. The lowest BCUT2D eigenvalue weighted by molar-refractivity contribution is -0.905. The summed E-state index contributed by atoms with van der Waals surface area (Å²) in [5.41, 5.74) is 1.97. The topological polar surface area (TPSA) is 32.9 Å². The second-order valence-electron chi connectivity index (χ2n) is 7.26. The summed E-state index contributed by atoms with van der Waals surface area (Å²) in [4.78, 5) is 3.92. The standard InChI is InChI=1S/C21H28ClN3OS/c1-17-19(22)9-5-10-20(17)23-21(27)25(16-18-8-6-15-26-18)14-7-13-24-11-3-2-4-12-24/h5-6,8-10,15H,2-4,7,11-14,16H2,1H3,(H,23,27)/p+1. The average molecular weight is 407 g/mol. The van der Waals surface area contributed by atoms with E-state index in [4.69, 9.17) is 28.2 Å². The maximum Gasteiger partial charge on any atom is 0.173 e. The van der Waals surface area contributed by atoms with E-state index in [1.54, 1.807) is 11.2 Å². The Kier molecular flexibility index (Phi) is 7.56. The average Bonchev–Trinajstić information content (AvgIpc) is 3.19. The fourth-order valence-corrected chi connectivity index (χ4v) is 4.04. The van der Waals surface area contributed by atoms with Crippen LogP contribution < -0.4 is 10.2 Å². The Labute approximate surface area is 172 Å². The van der Waals surface area contributed by atoms with E-state index in [0.29, 0.717) is 11.7 Å². The van der Waals surface area contributed by atoms with Crippen LogP contribution in [0.25, 0.3) is 0 Å². The maximum atomic E-state index is 6.25. The molecule has 1 aromatic carbocycles. The number of nitrogens with zero attached hydrogens (tertiary/aromatic N) is 1. The van der Waals surface area contributed by atoms with E-state index >= 15 is 0 Å². The number of hydrogen-bond donors (Lipinski definition) is 2. The summed E-state index contributed by atoms with van der Waals surface area (Å²) in [7, 11) is 0. The molecule has 1 aliphatic heterocycles. The molecule has 146 valence electrons. The Balaban J connectivity index is 1.61. The van der Waals surface area contributed by atoms with E-state index in [2.05, 4.69) is 10.2 Å². The Morgan fingerprint density at radius 1 is 1.22 bits per heavy atom. The first-order valence-electron chi connectivity index (χ1n) is 9.80. The predicted molar refractivity (Wildman–Crippen MR) is 116 cm³/mol. The number of halogens is 1. The molecular weight excluding hydrogens is 378 g/mol. The van der Waals surface area contributed by atoms with Crippen LogP contribution in [0.3, 0.4) is 0 Å². The van der Waals surface area contributed by atoms with E-state index in [0.717, 1.165) is 35.0 Å². The quantitative estimate of drug-likeness (QED) is 0.683. The molecule has 6 heteroatoms. The van der Waals surface area contributed by atoms with Crippen molar-refractivity contribution in [3.63, 3.8) is 0 Å². The number of likely N-dealkylation sites (tertiary alicyclic amines) is 1. The highest BCUT2D eigenvalue weighted by Gasteiger charge is 2.17. The van der Waals surface area contributed by atoms with Gasteiger partial charge < -0.3 is 19.5 Å². The molecule has 0 atom stereocenters. The number of hydrogen-bond acceptors (Lipinski definition) is 2. The third-order valence-corrected chi connectivity index (χ3v) is 6.01. The summed E-state index contributed by atoms with van der Waals surface area (Å²) >= 11 is 12.0. The minimum atomic E-state index is 0.674. The largest absolute Gasteiger partial charge is 0.467 e. The number of benzene rings is 1. The SMILES string of the molecule is Cc1c(Cl)cccc1NC(=S)N(CCC[NH+]1CCCCC1)Cc1ccco1. The van der Waals surface area contributed by atoms with Crippen LogP contribution in [0, 0.1) is 6.92 Å². The highest BCUT2D eigenvalue weighted by Crippen LogP contribution is 2.23. The van der Waals surface area contributed by atoms with Crippen LogP contribution in [0.5, 0.6) is 0 Å². The highest BCUT2D eigenvalue weighted by molar-refractivity contribution is 7.80. The first kappa shape index (κ1) is 20.2. The summed E-state index contributed by atoms with van der Waals surface area (Å²) in [6.45, 7) is 7.41. The Bertz CT molecular complexity index is 729. The Morgan fingerprint density at radius 3 is 2.78 bits per heavy atom.